The number of carbonyl (C=O) groups is 1. The molecule has 29 heavy (non-hydrogen) atoms. The van der Waals surface area contributed by atoms with Crippen molar-refractivity contribution in [2.75, 3.05) is 31.9 Å². The maximum absolute atomic E-state index is 12.8. The van der Waals surface area contributed by atoms with Crippen molar-refractivity contribution in [1.82, 2.24) is 9.21 Å². The van der Waals surface area contributed by atoms with Crippen LogP contribution in [0, 0.1) is 6.92 Å². The molecule has 0 aromatic heterocycles. The predicted molar refractivity (Wildman–Crippen MR) is 110 cm³/mol. The number of aryl methyl sites for hydroxylation is 1. The Bertz CT molecular complexity index is 1080. The lowest BCUT2D eigenvalue weighted by atomic mass is 10.2. The Morgan fingerprint density at radius 2 is 1.34 bits per heavy atom. The highest BCUT2D eigenvalue weighted by Gasteiger charge is 2.30. The summed E-state index contributed by atoms with van der Waals surface area (Å²) in [5.41, 5.74) is 1.37. The van der Waals surface area contributed by atoms with Crippen molar-refractivity contribution >= 4 is 25.8 Å². The van der Waals surface area contributed by atoms with Crippen LogP contribution >= 0.6 is 0 Å². The topological polar surface area (TPSA) is 91.8 Å². The molecular weight excluding hydrogens is 412 g/mol. The summed E-state index contributed by atoms with van der Waals surface area (Å²) in [7, 11) is -6.91. The van der Waals surface area contributed by atoms with E-state index in [4.69, 9.17) is 0 Å². The quantitative estimate of drug-likeness (QED) is 0.714. The summed E-state index contributed by atoms with van der Waals surface area (Å²) in [5.74, 6) is -0.240. The zero-order valence-electron chi connectivity index (χ0n) is 16.4. The molecule has 1 fully saturated rings. The lowest BCUT2D eigenvalue weighted by Gasteiger charge is -2.34. The molecule has 0 spiro atoms. The summed E-state index contributed by atoms with van der Waals surface area (Å²) in [6.07, 6.45) is 0. The third-order valence-corrected chi connectivity index (χ3v) is 8.69. The minimum Gasteiger partial charge on any atom is -0.336 e. The van der Waals surface area contributed by atoms with Gasteiger partial charge in [0.1, 0.15) is 0 Å². The van der Waals surface area contributed by atoms with Gasteiger partial charge in [-0.1, -0.05) is 24.6 Å². The summed E-state index contributed by atoms with van der Waals surface area (Å²) >= 11 is 0. The van der Waals surface area contributed by atoms with E-state index in [-0.39, 0.29) is 47.6 Å². The van der Waals surface area contributed by atoms with Crippen molar-refractivity contribution < 1.29 is 21.6 Å². The Balaban J connectivity index is 1.67. The van der Waals surface area contributed by atoms with Gasteiger partial charge in [0, 0.05) is 31.7 Å². The van der Waals surface area contributed by atoms with Crippen LogP contribution in [0.5, 0.6) is 0 Å². The molecule has 1 aliphatic rings. The largest absolute Gasteiger partial charge is 0.336 e. The van der Waals surface area contributed by atoms with Crippen molar-refractivity contribution in [3.05, 3.63) is 59.7 Å². The van der Waals surface area contributed by atoms with Gasteiger partial charge < -0.3 is 4.90 Å². The highest BCUT2D eigenvalue weighted by atomic mass is 32.2. The van der Waals surface area contributed by atoms with Gasteiger partial charge in [0.15, 0.2) is 9.84 Å². The molecule has 3 rings (SSSR count). The highest BCUT2D eigenvalue weighted by molar-refractivity contribution is 7.91. The molecule has 0 radical (unpaired) electrons. The number of rotatable bonds is 5. The molecule has 9 heteroatoms. The van der Waals surface area contributed by atoms with E-state index in [0.717, 1.165) is 5.56 Å². The fourth-order valence-electron chi connectivity index (χ4n) is 3.14. The molecule has 2 aromatic carbocycles. The molecule has 156 valence electrons. The van der Waals surface area contributed by atoms with Gasteiger partial charge in [-0.15, -0.1) is 0 Å². The lowest BCUT2D eigenvalue weighted by Crippen LogP contribution is -2.50. The van der Waals surface area contributed by atoms with Gasteiger partial charge in [-0.2, -0.15) is 4.31 Å². The predicted octanol–water partition coefficient (Wildman–Crippen LogP) is 1.94. The summed E-state index contributed by atoms with van der Waals surface area (Å²) in [6.45, 7) is 4.44. The van der Waals surface area contributed by atoms with E-state index in [0.29, 0.717) is 5.56 Å². The number of hydrogen-bond donors (Lipinski definition) is 0. The minimum absolute atomic E-state index is 0.00227. The third kappa shape index (κ3) is 4.52. The van der Waals surface area contributed by atoms with Gasteiger partial charge in [0.05, 0.1) is 15.5 Å². The van der Waals surface area contributed by atoms with Crippen molar-refractivity contribution in [3.8, 4) is 0 Å². The highest BCUT2D eigenvalue weighted by Crippen LogP contribution is 2.20. The molecule has 1 heterocycles. The normalized spacial score (nSPS) is 16.0. The maximum Gasteiger partial charge on any atom is 0.253 e. The molecule has 1 amide bonds. The van der Waals surface area contributed by atoms with E-state index in [1.807, 2.05) is 6.92 Å². The number of nitrogens with zero attached hydrogens (tertiary/aromatic N) is 2. The molecule has 0 bridgehead atoms. The van der Waals surface area contributed by atoms with E-state index in [2.05, 4.69) is 0 Å². The molecule has 0 unspecified atom stereocenters. The van der Waals surface area contributed by atoms with Crippen LogP contribution in [0.2, 0.25) is 0 Å². The Hall–Kier alpha value is -2.23. The second-order valence-corrected chi connectivity index (χ2v) is 11.2. The fourth-order valence-corrected chi connectivity index (χ4v) is 5.45. The Labute approximate surface area is 171 Å². The zero-order chi connectivity index (χ0) is 21.2. The van der Waals surface area contributed by atoms with Crippen LogP contribution in [0.15, 0.2) is 58.3 Å². The standard InChI is InChI=1S/C20H24N2O5S2/c1-3-28(24,25)18-10-6-17(7-11-18)20(23)21-12-14-22(15-13-21)29(26,27)19-8-4-16(2)5-9-19/h4-11H,3,12-15H2,1-2H3. The fraction of sp³-hybridized carbons (Fsp3) is 0.350. The molecule has 7 nitrogen and oxygen atoms in total. The second kappa shape index (κ2) is 8.25. The Morgan fingerprint density at radius 3 is 1.86 bits per heavy atom. The smallest absolute Gasteiger partial charge is 0.253 e. The third-order valence-electron chi connectivity index (χ3n) is 5.03. The van der Waals surface area contributed by atoms with Crippen molar-refractivity contribution in [3.63, 3.8) is 0 Å². The summed E-state index contributed by atoms with van der Waals surface area (Å²) < 4.78 is 50.7. The number of piperazine rings is 1. The van der Waals surface area contributed by atoms with Gasteiger partial charge >= 0.3 is 0 Å². The first kappa shape index (κ1) is 21.5. The van der Waals surface area contributed by atoms with Crippen molar-refractivity contribution in [2.24, 2.45) is 0 Å². The maximum atomic E-state index is 12.8. The molecule has 0 N–H and O–H groups in total. The first-order valence-corrected chi connectivity index (χ1v) is 12.4. The van der Waals surface area contributed by atoms with Crippen LogP contribution in [0.3, 0.4) is 0 Å². The molecule has 0 aliphatic carbocycles. The first-order chi connectivity index (χ1) is 13.6. The summed E-state index contributed by atoms with van der Waals surface area (Å²) in [5, 5.41) is 0. The van der Waals surface area contributed by atoms with Crippen LogP contribution in [0.25, 0.3) is 0 Å². The second-order valence-electron chi connectivity index (χ2n) is 6.94. The SMILES string of the molecule is CCS(=O)(=O)c1ccc(C(=O)N2CCN(S(=O)(=O)c3ccc(C)cc3)CC2)cc1. The van der Waals surface area contributed by atoms with E-state index >= 15 is 0 Å². The van der Waals surface area contributed by atoms with Crippen molar-refractivity contribution in [2.45, 2.75) is 23.6 Å². The van der Waals surface area contributed by atoms with E-state index in [9.17, 15) is 21.6 Å². The van der Waals surface area contributed by atoms with E-state index < -0.39 is 19.9 Å². The number of benzene rings is 2. The van der Waals surface area contributed by atoms with Gasteiger partial charge in [-0.25, -0.2) is 16.8 Å². The van der Waals surface area contributed by atoms with Crippen molar-refractivity contribution in [1.29, 1.82) is 0 Å². The van der Waals surface area contributed by atoms with Gasteiger partial charge in [0.2, 0.25) is 10.0 Å². The first-order valence-electron chi connectivity index (χ1n) is 9.34. The molecule has 0 saturated carbocycles. The Morgan fingerprint density at radius 1 is 0.828 bits per heavy atom. The molecule has 1 aliphatic heterocycles. The monoisotopic (exact) mass is 436 g/mol. The number of hydrogen-bond acceptors (Lipinski definition) is 5. The van der Waals surface area contributed by atoms with E-state index in [1.54, 1.807) is 36.1 Å². The van der Waals surface area contributed by atoms with Gasteiger partial charge in [-0.3, -0.25) is 4.79 Å². The molecule has 2 aromatic rings. The van der Waals surface area contributed by atoms with Crippen LogP contribution in [0.1, 0.15) is 22.8 Å². The van der Waals surface area contributed by atoms with Crippen LogP contribution < -0.4 is 0 Å². The minimum atomic E-state index is -3.59. The number of amides is 1. The van der Waals surface area contributed by atoms with E-state index in [1.165, 1.54) is 28.6 Å². The average Bonchev–Trinajstić information content (AvgIpc) is 2.73. The van der Waals surface area contributed by atoms with Gasteiger partial charge in [-0.05, 0) is 43.3 Å². The zero-order valence-corrected chi connectivity index (χ0v) is 18.0. The van der Waals surface area contributed by atoms with Crippen LogP contribution in [0.4, 0.5) is 0 Å². The van der Waals surface area contributed by atoms with Crippen LogP contribution in [-0.2, 0) is 19.9 Å². The number of sulfone groups is 1. The number of carbonyl (C=O) groups excluding carboxylic acids is 1. The Kier molecular flexibility index (Phi) is 6.11. The van der Waals surface area contributed by atoms with Gasteiger partial charge in [0.25, 0.3) is 5.91 Å². The summed E-state index contributed by atoms with van der Waals surface area (Å²) in [6, 6.07) is 12.6. The average molecular weight is 437 g/mol. The number of sulfonamides is 1. The molecular formula is C20H24N2O5S2. The van der Waals surface area contributed by atoms with Crippen LogP contribution in [-0.4, -0.2) is 63.9 Å². The molecule has 1 saturated heterocycles. The molecule has 0 atom stereocenters. The summed E-state index contributed by atoms with van der Waals surface area (Å²) in [4.78, 5) is 14.7. The lowest BCUT2D eigenvalue weighted by molar-refractivity contribution is 0.0698.